The Bertz CT molecular complexity index is 1060. The lowest BCUT2D eigenvalue weighted by Crippen LogP contribution is -2.27. The molecule has 2 aromatic carbocycles. The average Bonchev–Trinajstić information content (AvgIpc) is 2.67. The van der Waals surface area contributed by atoms with Crippen molar-refractivity contribution in [3.63, 3.8) is 0 Å². The Kier molecular flexibility index (Phi) is 7.51. The Labute approximate surface area is 178 Å². The summed E-state index contributed by atoms with van der Waals surface area (Å²) in [4.78, 5) is 12.6. The van der Waals surface area contributed by atoms with Crippen molar-refractivity contribution in [1.82, 2.24) is 0 Å². The molecule has 0 amide bonds. The van der Waals surface area contributed by atoms with Crippen LogP contribution in [0.4, 0.5) is 0 Å². The van der Waals surface area contributed by atoms with E-state index in [1.165, 1.54) is 12.1 Å². The smallest absolute Gasteiger partial charge is 0.317 e. The molecule has 0 saturated heterocycles. The third-order valence-corrected chi connectivity index (χ3v) is 5.38. The van der Waals surface area contributed by atoms with Gasteiger partial charge in [-0.15, -0.1) is 11.0 Å². The zero-order valence-electron chi connectivity index (χ0n) is 17.8. The number of nitrogens with zero attached hydrogens (tertiary/aromatic N) is 1. The van der Waals surface area contributed by atoms with Crippen molar-refractivity contribution >= 4 is 28.0 Å². The largest absolute Gasteiger partial charge is 0.406 e. The molecule has 0 heterocycles. The first kappa shape index (κ1) is 23.3. The maximum Gasteiger partial charge on any atom is 0.317 e. The molecule has 0 spiro atoms. The summed E-state index contributed by atoms with van der Waals surface area (Å²) in [6.07, 6.45) is 3.61. The van der Waals surface area contributed by atoms with E-state index in [1.54, 1.807) is 45.1 Å². The second-order valence-corrected chi connectivity index (χ2v) is 9.50. The summed E-state index contributed by atoms with van der Waals surface area (Å²) in [7, 11) is -4.09. The van der Waals surface area contributed by atoms with Gasteiger partial charge in [0.05, 0.1) is 10.3 Å². The summed E-state index contributed by atoms with van der Waals surface area (Å²) in [5, 5.41) is 0. The van der Waals surface area contributed by atoms with Gasteiger partial charge in [0.1, 0.15) is 0 Å². The molecule has 0 aliphatic carbocycles. The van der Waals surface area contributed by atoms with E-state index in [4.69, 9.17) is 4.74 Å². The van der Waals surface area contributed by atoms with Gasteiger partial charge in [0.2, 0.25) is 5.90 Å². The number of allylic oxidation sites excluding steroid dienone is 1. The number of esters is 1. The van der Waals surface area contributed by atoms with Gasteiger partial charge in [-0.2, -0.15) is 8.42 Å². The second kappa shape index (κ2) is 9.67. The van der Waals surface area contributed by atoms with E-state index in [0.29, 0.717) is 5.57 Å². The van der Waals surface area contributed by atoms with Crippen LogP contribution in [0.5, 0.6) is 0 Å². The summed E-state index contributed by atoms with van der Waals surface area (Å²) in [6.45, 7) is 10.7. The maximum atomic E-state index is 12.9. The van der Waals surface area contributed by atoms with E-state index >= 15 is 0 Å². The quantitative estimate of drug-likeness (QED) is 0.271. The molecule has 0 saturated carbocycles. The van der Waals surface area contributed by atoms with Gasteiger partial charge >= 0.3 is 5.97 Å². The molecule has 158 valence electrons. The Morgan fingerprint density at radius 2 is 1.67 bits per heavy atom. The van der Waals surface area contributed by atoms with E-state index in [9.17, 15) is 13.2 Å². The molecule has 0 fully saturated rings. The fourth-order valence-electron chi connectivity index (χ4n) is 2.37. The minimum atomic E-state index is -4.09. The van der Waals surface area contributed by atoms with Gasteiger partial charge < -0.3 is 4.74 Å². The summed E-state index contributed by atoms with van der Waals surface area (Å²) in [5.41, 5.74) is 1.35. The van der Waals surface area contributed by atoms with Crippen LogP contribution in [0.2, 0.25) is 0 Å². The standard InChI is InChI=1S/C24H27NO4S/c1-6-10-20(17-19-11-8-7-9-12-19)22(29-23(26)24(3,4)5)25-30(27,28)21-15-13-18(2)14-16-21/h6-9,11-17H,1,10H2,2-5H3/b20-17+,25-22-. The lowest BCUT2D eigenvalue weighted by atomic mass is 9.97. The molecule has 0 radical (unpaired) electrons. The summed E-state index contributed by atoms with van der Waals surface area (Å²) < 4.78 is 35.2. The van der Waals surface area contributed by atoms with Crippen molar-refractivity contribution < 1.29 is 17.9 Å². The molecule has 0 aliphatic rings. The molecular formula is C24H27NO4S. The van der Waals surface area contributed by atoms with E-state index < -0.39 is 21.4 Å². The van der Waals surface area contributed by atoms with Crippen LogP contribution in [-0.2, 0) is 19.6 Å². The fourth-order valence-corrected chi connectivity index (χ4v) is 3.33. The molecule has 6 heteroatoms. The predicted molar refractivity (Wildman–Crippen MR) is 121 cm³/mol. The summed E-state index contributed by atoms with van der Waals surface area (Å²) in [6, 6.07) is 15.7. The highest BCUT2D eigenvalue weighted by molar-refractivity contribution is 7.90. The van der Waals surface area contributed by atoms with Crippen LogP contribution in [0.25, 0.3) is 6.08 Å². The predicted octanol–water partition coefficient (Wildman–Crippen LogP) is 5.33. The molecule has 2 rings (SSSR count). The average molecular weight is 426 g/mol. The number of carbonyl (C=O) groups excluding carboxylic acids is 1. The zero-order chi connectivity index (χ0) is 22.4. The SMILES string of the molecule is C=CCC(=C\c1ccccc1)/C(=N/S(=O)(=O)c1ccc(C)cc1)OC(=O)C(C)(C)C. The fraction of sp³-hybridized carbons (Fsp3) is 0.250. The van der Waals surface area contributed by atoms with Crippen LogP contribution in [0.1, 0.15) is 38.3 Å². The van der Waals surface area contributed by atoms with Gasteiger partial charge in [0, 0.05) is 5.57 Å². The molecule has 5 nitrogen and oxygen atoms in total. The Balaban J connectivity index is 2.61. The van der Waals surface area contributed by atoms with Crippen molar-refractivity contribution in [1.29, 1.82) is 0 Å². The Morgan fingerprint density at radius 3 is 2.20 bits per heavy atom. The number of benzene rings is 2. The van der Waals surface area contributed by atoms with Crippen molar-refractivity contribution in [2.45, 2.75) is 39.0 Å². The zero-order valence-corrected chi connectivity index (χ0v) is 18.6. The molecule has 0 atom stereocenters. The van der Waals surface area contributed by atoms with E-state index in [2.05, 4.69) is 11.0 Å². The number of carbonyl (C=O) groups is 1. The van der Waals surface area contributed by atoms with Crippen molar-refractivity contribution in [2.75, 3.05) is 0 Å². The summed E-state index contributed by atoms with van der Waals surface area (Å²) >= 11 is 0. The highest BCUT2D eigenvalue weighted by Crippen LogP contribution is 2.22. The number of rotatable bonds is 6. The van der Waals surface area contributed by atoms with Crippen LogP contribution >= 0.6 is 0 Å². The lowest BCUT2D eigenvalue weighted by molar-refractivity contribution is -0.144. The first-order valence-corrected chi connectivity index (χ1v) is 11.0. The molecule has 0 N–H and O–H groups in total. The van der Waals surface area contributed by atoms with Crippen molar-refractivity contribution in [3.8, 4) is 0 Å². The number of ether oxygens (including phenoxy) is 1. The van der Waals surface area contributed by atoms with Crippen LogP contribution in [0, 0.1) is 12.3 Å². The molecule has 30 heavy (non-hydrogen) atoms. The van der Waals surface area contributed by atoms with E-state index in [0.717, 1.165) is 11.1 Å². The van der Waals surface area contributed by atoms with E-state index in [1.807, 2.05) is 37.3 Å². The van der Waals surface area contributed by atoms with Gasteiger partial charge in [-0.25, -0.2) is 0 Å². The topological polar surface area (TPSA) is 72.8 Å². The number of hydrogen-bond donors (Lipinski definition) is 0. The Morgan fingerprint density at radius 1 is 1.07 bits per heavy atom. The first-order chi connectivity index (χ1) is 14.0. The molecular weight excluding hydrogens is 398 g/mol. The first-order valence-electron chi connectivity index (χ1n) is 9.54. The number of hydrogen-bond acceptors (Lipinski definition) is 4. The second-order valence-electron chi connectivity index (χ2n) is 7.90. The lowest BCUT2D eigenvalue weighted by Gasteiger charge is -2.18. The molecule has 0 unspecified atom stereocenters. The highest BCUT2D eigenvalue weighted by Gasteiger charge is 2.27. The van der Waals surface area contributed by atoms with Crippen molar-refractivity contribution in [2.24, 2.45) is 9.81 Å². The van der Waals surface area contributed by atoms with Gasteiger partial charge in [0.25, 0.3) is 10.0 Å². The third-order valence-electron chi connectivity index (χ3n) is 4.10. The van der Waals surface area contributed by atoms with Crippen LogP contribution < -0.4 is 0 Å². The van der Waals surface area contributed by atoms with E-state index in [-0.39, 0.29) is 17.2 Å². The molecule has 0 aliphatic heterocycles. The minimum Gasteiger partial charge on any atom is -0.406 e. The number of aryl methyl sites for hydroxylation is 1. The van der Waals surface area contributed by atoms with Gasteiger partial charge in [-0.3, -0.25) is 4.79 Å². The number of sulfonamides is 1. The van der Waals surface area contributed by atoms with Crippen LogP contribution in [-0.4, -0.2) is 20.3 Å². The van der Waals surface area contributed by atoms with Crippen LogP contribution in [0.15, 0.2) is 82.1 Å². The van der Waals surface area contributed by atoms with Gasteiger partial charge in [-0.1, -0.05) is 54.1 Å². The minimum absolute atomic E-state index is 0.0232. The van der Waals surface area contributed by atoms with Gasteiger partial charge in [0.15, 0.2) is 0 Å². The van der Waals surface area contributed by atoms with Crippen molar-refractivity contribution in [3.05, 3.63) is 84.0 Å². The van der Waals surface area contributed by atoms with Gasteiger partial charge in [-0.05, 0) is 57.9 Å². The molecule has 0 aromatic heterocycles. The third kappa shape index (κ3) is 6.52. The molecule has 0 bridgehead atoms. The molecule has 2 aromatic rings. The normalized spacial score (nSPS) is 13.1. The monoisotopic (exact) mass is 425 g/mol. The Hall–Kier alpha value is -2.99. The maximum absolute atomic E-state index is 12.9. The summed E-state index contributed by atoms with van der Waals surface area (Å²) in [5.74, 6) is -0.831. The van der Waals surface area contributed by atoms with Crippen LogP contribution in [0.3, 0.4) is 0 Å². The highest BCUT2D eigenvalue weighted by atomic mass is 32.2.